The van der Waals surface area contributed by atoms with Crippen molar-refractivity contribution in [2.24, 2.45) is 5.92 Å². The van der Waals surface area contributed by atoms with Gasteiger partial charge in [0.2, 0.25) is 5.91 Å². The molecule has 1 saturated carbocycles. The standard InChI is InChI=1S/C26H36N4O4.CH4.2H2S/c1-17(2)15-21(26(33)30-10-9-23-24(30)22(31)16-34-23)27-25(32)18-3-5-19(6-4-18)28-11-13-29(14-12-28)20-7-8-20;;;/h3-6,17,20-21,23-24H,7-16H2,1-2H3,(H,27,32);1H4;2*1H2/t21-,23+,24+;;;/m0.../s1. The maximum absolute atomic E-state index is 13.4. The minimum atomic E-state index is -0.658. The highest BCUT2D eigenvalue weighted by atomic mass is 32.1. The number of hydrogen-bond donors (Lipinski definition) is 1. The molecule has 0 aromatic heterocycles. The van der Waals surface area contributed by atoms with Crippen LogP contribution in [0.2, 0.25) is 0 Å². The van der Waals surface area contributed by atoms with Crippen molar-refractivity contribution < 1.29 is 19.1 Å². The third-order valence-electron chi connectivity index (χ3n) is 7.58. The molecule has 0 radical (unpaired) electrons. The van der Waals surface area contributed by atoms with Gasteiger partial charge in [0.25, 0.3) is 5.91 Å². The molecule has 10 heteroatoms. The summed E-state index contributed by atoms with van der Waals surface area (Å²) < 4.78 is 5.53. The lowest BCUT2D eigenvalue weighted by Gasteiger charge is -2.36. The van der Waals surface area contributed by atoms with Crippen LogP contribution in [0.25, 0.3) is 0 Å². The Hall–Kier alpha value is -1.75. The van der Waals surface area contributed by atoms with Crippen LogP contribution in [-0.4, -0.2) is 91.0 Å². The SMILES string of the molecule is C.CC(C)C[C@H](NC(=O)c1ccc(N2CCN(C3CC3)CC2)cc1)C(=O)N1CC[C@H]2OCC(=O)[C@H]21.S.S. The van der Waals surface area contributed by atoms with Crippen LogP contribution in [0.4, 0.5) is 5.69 Å². The zero-order valence-corrected chi connectivity index (χ0v) is 23.2. The van der Waals surface area contributed by atoms with E-state index in [0.717, 1.165) is 37.9 Å². The number of benzene rings is 1. The summed E-state index contributed by atoms with van der Waals surface area (Å²) in [7, 11) is 0. The Morgan fingerprint density at radius 1 is 1.00 bits per heavy atom. The van der Waals surface area contributed by atoms with Crippen LogP contribution in [0.15, 0.2) is 24.3 Å². The van der Waals surface area contributed by atoms with Crippen LogP contribution >= 0.6 is 27.0 Å². The van der Waals surface area contributed by atoms with E-state index < -0.39 is 12.1 Å². The number of Topliss-reactive ketones (excluding diaryl/α,β-unsaturated/α-hetero) is 1. The Kier molecular flexibility index (Phi) is 11.4. The minimum Gasteiger partial charge on any atom is -0.369 e. The fraction of sp³-hybridized carbons (Fsp3) is 0.667. The molecule has 0 spiro atoms. The molecule has 3 aliphatic heterocycles. The second kappa shape index (κ2) is 13.4. The molecule has 1 aromatic carbocycles. The summed E-state index contributed by atoms with van der Waals surface area (Å²) in [5.41, 5.74) is 1.67. The average molecular weight is 553 g/mol. The number of carbonyl (C=O) groups is 3. The number of carbonyl (C=O) groups excluding carboxylic acids is 3. The number of rotatable bonds is 7. The molecule has 4 aliphatic rings. The number of amides is 2. The summed E-state index contributed by atoms with van der Waals surface area (Å²) >= 11 is 0. The fourth-order valence-electron chi connectivity index (χ4n) is 5.58. The van der Waals surface area contributed by atoms with Crippen molar-refractivity contribution in [2.75, 3.05) is 44.2 Å². The largest absolute Gasteiger partial charge is 0.369 e. The van der Waals surface area contributed by atoms with Gasteiger partial charge in [-0.3, -0.25) is 19.3 Å². The number of ketones is 1. The monoisotopic (exact) mass is 552 g/mol. The molecule has 3 heterocycles. The van der Waals surface area contributed by atoms with E-state index in [4.69, 9.17) is 4.74 Å². The van der Waals surface area contributed by atoms with Gasteiger partial charge in [-0.2, -0.15) is 27.0 Å². The zero-order valence-electron chi connectivity index (χ0n) is 21.2. The Labute approximate surface area is 235 Å². The highest BCUT2D eigenvalue weighted by Crippen LogP contribution is 2.29. The highest BCUT2D eigenvalue weighted by Gasteiger charge is 2.48. The van der Waals surface area contributed by atoms with Crippen molar-refractivity contribution in [3.63, 3.8) is 0 Å². The van der Waals surface area contributed by atoms with Crippen LogP contribution in [0, 0.1) is 5.92 Å². The van der Waals surface area contributed by atoms with E-state index in [-0.39, 0.29) is 70.6 Å². The van der Waals surface area contributed by atoms with E-state index in [1.807, 2.05) is 38.1 Å². The van der Waals surface area contributed by atoms with E-state index in [2.05, 4.69) is 15.1 Å². The molecule has 3 atom stereocenters. The van der Waals surface area contributed by atoms with E-state index in [0.29, 0.717) is 24.9 Å². The predicted molar refractivity (Wildman–Crippen MR) is 156 cm³/mol. The van der Waals surface area contributed by atoms with Crippen LogP contribution in [-0.2, 0) is 14.3 Å². The summed E-state index contributed by atoms with van der Waals surface area (Å²) in [5, 5.41) is 2.96. The molecule has 1 aliphatic carbocycles. The number of fused-ring (bicyclic) bond motifs is 1. The van der Waals surface area contributed by atoms with Crippen LogP contribution < -0.4 is 10.2 Å². The average Bonchev–Trinajstić information content (AvgIpc) is 3.50. The predicted octanol–water partition coefficient (Wildman–Crippen LogP) is 2.55. The minimum absolute atomic E-state index is 0. The lowest BCUT2D eigenvalue weighted by molar-refractivity contribution is -0.138. The Morgan fingerprint density at radius 2 is 1.65 bits per heavy atom. The number of nitrogens with zero attached hydrogens (tertiary/aromatic N) is 3. The normalized spacial score (nSPS) is 24.0. The van der Waals surface area contributed by atoms with Crippen molar-refractivity contribution in [3.05, 3.63) is 29.8 Å². The summed E-state index contributed by atoms with van der Waals surface area (Å²) in [4.78, 5) is 45.3. The summed E-state index contributed by atoms with van der Waals surface area (Å²) in [6.45, 7) is 8.83. The first-order valence-corrected chi connectivity index (χ1v) is 12.8. The lowest BCUT2D eigenvalue weighted by atomic mass is 10.0. The maximum Gasteiger partial charge on any atom is 0.251 e. The van der Waals surface area contributed by atoms with Crippen LogP contribution in [0.5, 0.6) is 0 Å². The highest BCUT2D eigenvalue weighted by molar-refractivity contribution is 7.59. The number of hydrogen-bond acceptors (Lipinski definition) is 6. The second-order valence-electron chi connectivity index (χ2n) is 10.5. The number of ether oxygens (including phenoxy) is 1. The molecule has 8 nitrogen and oxygen atoms in total. The quantitative estimate of drug-likeness (QED) is 0.560. The lowest BCUT2D eigenvalue weighted by Crippen LogP contribution is -2.52. The van der Waals surface area contributed by atoms with Gasteiger partial charge in [-0.15, -0.1) is 0 Å². The third-order valence-corrected chi connectivity index (χ3v) is 7.58. The van der Waals surface area contributed by atoms with Gasteiger partial charge in [-0.25, -0.2) is 0 Å². The Morgan fingerprint density at radius 3 is 2.24 bits per heavy atom. The van der Waals surface area contributed by atoms with Crippen molar-refractivity contribution in [3.8, 4) is 0 Å². The number of piperazine rings is 1. The van der Waals surface area contributed by atoms with E-state index in [1.165, 1.54) is 12.8 Å². The molecule has 1 N–H and O–H groups in total. The summed E-state index contributed by atoms with van der Waals surface area (Å²) in [6, 6.07) is 7.33. The third kappa shape index (κ3) is 7.02. The molecular weight excluding hydrogens is 508 g/mol. The van der Waals surface area contributed by atoms with Gasteiger partial charge in [0, 0.05) is 50.0 Å². The van der Waals surface area contributed by atoms with E-state index in [1.54, 1.807) is 4.90 Å². The molecule has 208 valence electrons. The van der Waals surface area contributed by atoms with Crippen molar-refractivity contribution in [1.29, 1.82) is 0 Å². The first-order chi connectivity index (χ1) is 16.4. The smallest absolute Gasteiger partial charge is 0.251 e. The number of anilines is 1. The van der Waals surface area contributed by atoms with Crippen molar-refractivity contribution >= 4 is 50.3 Å². The molecule has 3 saturated heterocycles. The van der Waals surface area contributed by atoms with E-state index in [9.17, 15) is 14.4 Å². The van der Waals surface area contributed by atoms with Gasteiger partial charge in [0.1, 0.15) is 18.7 Å². The van der Waals surface area contributed by atoms with Gasteiger partial charge >= 0.3 is 0 Å². The molecule has 37 heavy (non-hydrogen) atoms. The molecule has 2 amide bonds. The molecule has 0 bridgehead atoms. The molecule has 0 unspecified atom stereocenters. The van der Waals surface area contributed by atoms with Crippen LogP contribution in [0.3, 0.4) is 0 Å². The second-order valence-corrected chi connectivity index (χ2v) is 10.5. The van der Waals surface area contributed by atoms with Gasteiger partial charge in [0.15, 0.2) is 5.78 Å². The van der Waals surface area contributed by atoms with Gasteiger partial charge < -0.3 is 19.9 Å². The molecule has 5 rings (SSSR count). The van der Waals surface area contributed by atoms with E-state index >= 15 is 0 Å². The summed E-state index contributed by atoms with van der Waals surface area (Å²) in [5.74, 6) is -0.258. The van der Waals surface area contributed by atoms with Gasteiger partial charge in [0.05, 0.1) is 6.10 Å². The Balaban J connectivity index is 0.00000160. The van der Waals surface area contributed by atoms with Gasteiger partial charge in [-0.1, -0.05) is 21.3 Å². The first-order valence-electron chi connectivity index (χ1n) is 12.8. The maximum atomic E-state index is 13.4. The number of likely N-dealkylation sites (tertiary alicyclic amines) is 1. The van der Waals surface area contributed by atoms with Crippen LogP contribution in [0.1, 0.15) is 57.3 Å². The van der Waals surface area contributed by atoms with Crippen molar-refractivity contribution in [1.82, 2.24) is 15.1 Å². The zero-order chi connectivity index (χ0) is 23.8. The molecule has 4 fully saturated rings. The van der Waals surface area contributed by atoms with Crippen molar-refractivity contribution in [2.45, 2.75) is 71.2 Å². The number of nitrogens with one attached hydrogen (secondary N) is 1. The van der Waals surface area contributed by atoms with Gasteiger partial charge in [-0.05, 0) is 55.9 Å². The first kappa shape index (κ1) is 31.5. The fourth-order valence-corrected chi connectivity index (χ4v) is 5.58. The Bertz CT molecular complexity index is 933. The topological polar surface area (TPSA) is 82.2 Å². The molecular formula is C27H44N4O4S2. The molecule has 1 aromatic rings. The summed E-state index contributed by atoms with van der Waals surface area (Å²) in [6.07, 6.45) is 3.67.